The monoisotopic (exact) mass is 264 g/mol. The molecule has 2 aromatic carbocycles. The molecule has 0 radical (unpaired) electrons. The second kappa shape index (κ2) is 4.13. The molecule has 0 N–H and O–H groups in total. The summed E-state index contributed by atoms with van der Waals surface area (Å²) in [5.41, 5.74) is 3.19. The SMILES string of the molecule is Fc1ccc2nc3cc(-c4ccccc4)oc3nc2c1. The normalized spacial score (nSPS) is 11.2. The Hall–Kier alpha value is -2.75. The van der Waals surface area contributed by atoms with Crippen LogP contribution in [-0.2, 0) is 0 Å². The van der Waals surface area contributed by atoms with Gasteiger partial charge in [0.05, 0.1) is 11.0 Å². The number of hydrogen-bond donors (Lipinski definition) is 0. The summed E-state index contributed by atoms with van der Waals surface area (Å²) in [6.45, 7) is 0. The molecule has 0 fully saturated rings. The molecule has 0 aliphatic rings. The van der Waals surface area contributed by atoms with Crippen LogP contribution in [-0.4, -0.2) is 9.97 Å². The molecule has 2 heterocycles. The van der Waals surface area contributed by atoms with Gasteiger partial charge in [-0.1, -0.05) is 30.3 Å². The Balaban J connectivity index is 1.97. The molecule has 0 aliphatic heterocycles. The number of aromatic nitrogens is 2. The summed E-state index contributed by atoms with van der Waals surface area (Å²) in [7, 11) is 0. The van der Waals surface area contributed by atoms with Gasteiger partial charge in [-0.05, 0) is 12.1 Å². The molecule has 4 rings (SSSR count). The van der Waals surface area contributed by atoms with Gasteiger partial charge in [0.25, 0.3) is 0 Å². The zero-order valence-electron chi connectivity index (χ0n) is 10.4. The summed E-state index contributed by atoms with van der Waals surface area (Å²) < 4.78 is 18.9. The van der Waals surface area contributed by atoms with E-state index in [2.05, 4.69) is 9.97 Å². The lowest BCUT2D eigenvalue weighted by Gasteiger charge is -1.95. The van der Waals surface area contributed by atoms with Gasteiger partial charge in [-0.3, -0.25) is 0 Å². The predicted octanol–water partition coefficient (Wildman–Crippen LogP) is 4.18. The summed E-state index contributed by atoms with van der Waals surface area (Å²) in [5, 5.41) is 0. The fourth-order valence-corrected chi connectivity index (χ4v) is 2.20. The molecule has 0 bridgehead atoms. The number of hydrogen-bond acceptors (Lipinski definition) is 3. The van der Waals surface area contributed by atoms with E-state index in [1.807, 2.05) is 36.4 Å². The van der Waals surface area contributed by atoms with Crippen molar-refractivity contribution in [1.82, 2.24) is 9.97 Å². The van der Waals surface area contributed by atoms with E-state index < -0.39 is 0 Å². The van der Waals surface area contributed by atoms with Crippen molar-refractivity contribution in [3.63, 3.8) is 0 Å². The molecule has 0 aliphatic carbocycles. The van der Waals surface area contributed by atoms with E-state index in [1.165, 1.54) is 12.1 Å². The van der Waals surface area contributed by atoms with Crippen molar-refractivity contribution >= 4 is 22.3 Å². The average molecular weight is 264 g/mol. The summed E-state index contributed by atoms with van der Waals surface area (Å²) >= 11 is 0. The number of halogens is 1. The van der Waals surface area contributed by atoms with Crippen LogP contribution in [0, 0.1) is 5.82 Å². The Morgan fingerprint density at radius 1 is 0.800 bits per heavy atom. The van der Waals surface area contributed by atoms with Crippen molar-refractivity contribution in [2.24, 2.45) is 0 Å². The van der Waals surface area contributed by atoms with Crippen molar-refractivity contribution in [1.29, 1.82) is 0 Å². The molecular formula is C16H9FN2O. The van der Waals surface area contributed by atoms with Crippen LogP contribution < -0.4 is 0 Å². The molecule has 20 heavy (non-hydrogen) atoms. The van der Waals surface area contributed by atoms with Crippen molar-refractivity contribution in [3.05, 3.63) is 60.4 Å². The third-order valence-corrected chi connectivity index (χ3v) is 3.15. The zero-order valence-corrected chi connectivity index (χ0v) is 10.4. The first-order valence-corrected chi connectivity index (χ1v) is 6.22. The van der Waals surface area contributed by atoms with Gasteiger partial charge in [-0.25, -0.2) is 14.4 Å². The van der Waals surface area contributed by atoms with Gasteiger partial charge in [-0.15, -0.1) is 0 Å². The molecular weight excluding hydrogens is 255 g/mol. The van der Waals surface area contributed by atoms with E-state index in [0.717, 1.165) is 5.56 Å². The van der Waals surface area contributed by atoms with Gasteiger partial charge in [0.1, 0.15) is 17.1 Å². The number of benzene rings is 2. The van der Waals surface area contributed by atoms with Crippen molar-refractivity contribution < 1.29 is 8.81 Å². The molecule has 0 amide bonds. The van der Waals surface area contributed by atoms with E-state index >= 15 is 0 Å². The standard InChI is InChI=1S/C16H9FN2O/c17-11-6-7-12-13(8-11)19-16-14(18-12)9-15(20-16)10-4-2-1-3-5-10/h1-9H. The number of furan rings is 1. The van der Waals surface area contributed by atoms with Crippen molar-refractivity contribution in [2.75, 3.05) is 0 Å². The van der Waals surface area contributed by atoms with Crippen LogP contribution in [0.1, 0.15) is 0 Å². The lowest BCUT2D eigenvalue weighted by Crippen LogP contribution is -1.85. The Kier molecular flexibility index (Phi) is 2.29. The van der Waals surface area contributed by atoms with Gasteiger partial charge in [0.15, 0.2) is 0 Å². The highest BCUT2D eigenvalue weighted by Crippen LogP contribution is 2.27. The third kappa shape index (κ3) is 1.73. The molecule has 96 valence electrons. The van der Waals surface area contributed by atoms with E-state index in [4.69, 9.17) is 4.42 Å². The molecule has 0 saturated carbocycles. The Morgan fingerprint density at radius 2 is 1.65 bits per heavy atom. The van der Waals surface area contributed by atoms with Gasteiger partial charge in [-0.2, -0.15) is 0 Å². The zero-order chi connectivity index (χ0) is 13.5. The second-order valence-corrected chi connectivity index (χ2v) is 4.52. The van der Waals surface area contributed by atoms with Gasteiger partial charge < -0.3 is 4.42 Å². The molecule has 4 aromatic rings. The van der Waals surface area contributed by atoms with Crippen LogP contribution in [0.3, 0.4) is 0 Å². The van der Waals surface area contributed by atoms with Crippen LogP contribution in [0.25, 0.3) is 33.6 Å². The Labute approximate surface area is 113 Å². The fraction of sp³-hybridized carbons (Fsp3) is 0. The van der Waals surface area contributed by atoms with Crippen LogP contribution in [0.15, 0.2) is 59.0 Å². The lowest BCUT2D eigenvalue weighted by atomic mass is 10.2. The summed E-state index contributed by atoms with van der Waals surface area (Å²) in [6, 6.07) is 15.9. The van der Waals surface area contributed by atoms with Crippen LogP contribution in [0.4, 0.5) is 4.39 Å². The quantitative estimate of drug-likeness (QED) is 0.517. The third-order valence-electron chi connectivity index (χ3n) is 3.15. The number of nitrogens with zero attached hydrogens (tertiary/aromatic N) is 2. The highest BCUT2D eigenvalue weighted by molar-refractivity contribution is 5.85. The maximum Gasteiger partial charge on any atom is 0.246 e. The molecule has 0 unspecified atom stereocenters. The van der Waals surface area contributed by atoms with E-state index in [1.54, 1.807) is 6.07 Å². The molecule has 0 atom stereocenters. The van der Waals surface area contributed by atoms with Gasteiger partial charge in [0.2, 0.25) is 5.71 Å². The molecule has 2 aromatic heterocycles. The smallest absolute Gasteiger partial charge is 0.246 e. The van der Waals surface area contributed by atoms with Crippen LogP contribution in [0.5, 0.6) is 0 Å². The summed E-state index contributed by atoms with van der Waals surface area (Å²) in [5.74, 6) is 0.373. The molecule has 3 nitrogen and oxygen atoms in total. The minimum absolute atomic E-state index is 0.332. The largest absolute Gasteiger partial charge is 0.436 e. The van der Waals surface area contributed by atoms with Crippen LogP contribution in [0.2, 0.25) is 0 Å². The van der Waals surface area contributed by atoms with E-state index in [0.29, 0.717) is 28.0 Å². The second-order valence-electron chi connectivity index (χ2n) is 4.52. The molecule has 4 heteroatoms. The first-order valence-electron chi connectivity index (χ1n) is 6.22. The van der Waals surface area contributed by atoms with Crippen molar-refractivity contribution in [2.45, 2.75) is 0 Å². The first kappa shape index (κ1) is 11.1. The van der Waals surface area contributed by atoms with E-state index in [-0.39, 0.29) is 5.82 Å². The summed E-state index contributed by atoms with van der Waals surface area (Å²) in [6.07, 6.45) is 0. The lowest BCUT2D eigenvalue weighted by molar-refractivity contribution is 0.618. The number of fused-ring (bicyclic) bond motifs is 2. The average Bonchev–Trinajstić information content (AvgIpc) is 2.88. The topological polar surface area (TPSA) is 38.9 Å². The minimum Gasteiger partial charge on any atom is -0.436 e. The summed E-state index contributed by atoms with van der Waals surface area (Å²) in [4.78, 5) is 8.76. The highest BCUT2D eigenvalue weighted by Gasteiger charge is 2.10. The molecule has 0 saturated heterocycles. The van der Waals surface area contributed by atoms with Gasteiger partial charge in [0, 0.05) is 17.7 Å². The van der Waals surface area contributed by atoms with Gasteiger partial charge >= 0.3 is 0 Å². The number of rotatable bonds is 1. The minimum atomic E-state index is -0.332. The Bertz CT molecular complexity index is 916. The maximum absolute atomic E-state index is 13.2. The van der Waals surface area contributed by atoms with Crippen molar-refractivity contribution in [3.8, 4) is 11.3 Å². The van der Waals surface area contributed by atoms with Crippen LogP contribution >= 0.6 is 0 Å². The maximum atomic E-state index is 13.2. The fourth-order valence-electron chi connectivity index (χ4n) is 2.20. The predicted molar refractivity (Wildman–Crippen MR) is 74.7 cm³/mol. The first-order chi connectivity index (χ1) is 9.79. The molecule has 0 spiro atoms. The Morgan fingerprint density at radius 3 is 2.50 bits per heavy atom. The van der Waals surface area contributed by atoms with E-state index in [9.17, 15) is 4.39 Å². The highest BCUT2D eigenvalue weighted by atomic mass is 19.1.